The van der Waals surface area contributed by atoms with E-state index in [4.69, 9.17) is 0 Å². The third-order valence-corrected chi connectivity index (χ3v) is 13.6. The van der Waals surface area contributed by atoms with E-state index >= 15 is 0 Å². The molecule has 2 aromatic carbocycles. The zero-order valence-corrected chi connectivity index (χ0v) is 19.7. The molecule has 32 heavy (non-hydrogen) atoms. The van der Waals surface area contributed by atoms with Crippen molar-refractivity contribution in [2.45, 2.75) is 44.3 Å². The third-order valence-electron chi connectivity index (χ3n) is 8.36. The van der Waals surface area contributed by atoms with E-state index in [1.54, 1.807) is 18.2 Å². The van der Waals surface area contributed by atoms with Crippen molar-refractivity contribution in [3.05, 3.63) is 82.6 Å². The highest BCUT2D eigenvalue weighted by Crippen LogP contribution is 2.52. The quantitative estimate of drug-likeness (QED) is 0.648. The zero-order valence-electron chi connectivity index (χ0n) is 18.7. The number of benzene rings is 2. The van der Waals surface area contributed by atoms with E-state index in [0.29, 0.717) is 12.0 Å². The van der Waals surface area contributed by atoms with Gasteiger partial charge in [0.25, 0.3) is 0 Å². The fourth-order valence-electron chi connectivity index (χ4n) is 5.91. The Bertz CT molecular complexity index is 1210. The van der Waals surface area contributed by atoms with Gasteiger partial charge in [0.1, 0.15) is 11.5 Å². The molecule has 0 radical (unpaired) electrons. The minimum Gasteiger partial charge on any atom is -0.512 e. The van der Waals surface area contributed by atoms with Crippen LogP contribution in [0.2, 0.25) is 18.1 Å². The van der Waals surface area contributed by atoms with Crippen molar-refractivity contribution in [1.82, 2.24) is 0 Å². The summed E-state index contributed by atoms with van der Waals surface area (Å²) in [5.41, 5.74) is 2.36. The lowest BCUT2D eigenvalue weighted by Gasteiger charge is -2.47. The number of hydrogen-bond donors (Lipinski definition) is 2. The number of phenolic OH excluding ortho intramolecular Hbond substituents is 1. The van der Waals surface area contributed by atoms with Crippen LogP contribution >= 0.6 is 0 Å². The molecule has 0 aliphatic heterocycles. The highest BCUT2D eigenvalue weighted by Gasteiger charge is 2.50. The maximum absolute atomic E-state index is 13.5. The van der Waals surface area contributed by atoms with E-state index in [1.807, 2.05) is 6.07 Å². The van der Waals surface area contributed by atoms with Gasteiger partial charge in [-0.3, -0.25) is 9.59 Å². The first-order valence-corrected chi connectivity index (χ1v) is 14.2. The van der Waals surface area contributed by atoms with Crippen LogP contribution in [0, 0.1) is 11.8 Å². The van der Waals surface area contributed by atoms with Crippen molar-refractivity contribution in [1.29, 1.82) is 0 Å². The number of rotatable bonds is 2. The van der Waals surface area contributed by atoms with Gasteiger partial charge in [-0.05, 0) is 47.6 Å². The van der Waals surface area contributed by atoms with Gasteiger partial charge in [0.15, 0.2) is 11.6 Å². The van der Waals surface area contributed by atoms with Gasteiger partial charge in [0.05, 0.1) is 25.5 Å². The topological polar surface area (TPSA) is 74.6 Å². The van der Waals surface area contributed by atoms with Crippen molar-refractivity contribution in [3.8, 4) is 5.75 Å². The summed E-state index contributed by atoms with van der Waals surface area (Å²) in [4.78, 5) is 26.7. The molecule has 164 valence electrons. The SMILES string of the molecule is CC1([Si](C)(C)c2ccccc2)CCc2c(cc(O)c3c2C(=O)C2C=CC=C(O)C2C3=O)C1. The number of aromatic hydroxyl groups is 1. The molecule has 0 saturated carbocycles. The van der Waals surface area contributed by atoms with Gasteiger partial charge in [-0.2, -0.15) is 0 Å². The fourth-order valence-corrected chi connectivity index (χ4v) is 9.01. The van der Waals surface area contributed by atoms with Crippen LogP contribution in [0.3, 0.4) is 0 Å². The highest BCUT2D eigenvalue weighted by atomic mass is 28.3. The van der Waals surface area contributed by atoms with Gasteiger partial charge in [-0.15, -0.1) is 0 Å². The van der Waals surface area contributed by atoms with Crippen LogP contribution in [-0.2, 0) is 12.8 Å². The van der Waals surface area contributed by atoms with Crippen LogP contribution in [0.25, 0.3) is 0 Å². The van der Waals surface area contributed by atoms with Crippen LogP contribution in [0.4, 0.5) is 0 Å². The van der Waals surface area contributed by atoms with E-state index in [2.05, 4.69) is 44.3 Å². The van der Waals surface area contributed by atoms with Crippen LogP contribution in [0.1, 0.15) is 45.2 Å². The Labute approximate surface area is 189 Å². The number of ketones is 2. The molecule has 2 N–H and O–H groups in total. The third kappa shape index (κ3) is 2.80. The number of aliphatic hydroxyl groups excluding tert-OH is 1. The lowest BCUT2D eigenvalue weighted by Crippen LogP contribution is -2.54. The van der Waals surface area contributed by atoms with Crippen LogP contribution in [0.5, 0.6) is 5.75 Å². The minimum atomic E-state index is -1.88. The van der Waals surface area contributed by atoms with E-state index in [9.17, 15) is 19.8 Å². The van der Waals surface area contributed by atoms with Crippen molar-refractivity contribution >= 4 is 24.8 Å². The molecule has 5 rings (SSSR count). The Hall–Kier alpha value is -2.92. The molecule has 3 unspecified atom stereocenters. The van der Waals surface area contributed by atoms with Crippen LogP contribution in [-0.4, -0.2) is 29.9 Å². The molecule has 0 amide bonds. The molecule has 0 aromatic heterocycles. The standard InChI is InChI=1S/C27H28O4Si/c1-27(32(2,3)17-8-5-4-6-9-17)13-12-18-16(15-27)14-21(29)24-23(18)25(30)19-10-7-11-20(28)22(19)26(24)31/h4-11,14,19,22,28-29H,12-13,15H2,1-3H3. The lowest BCUT2D eigenvalue weighted by molar-refractivity contribution is 0.0754. The zero-order chi connectivity index (χ0) is 22.8. The molecule has 5 heteroatoms. The molecule has 3 aliphatic carbocycles. The summed E-state index contributed by atoms with van der Waals surface area (Å²) in [6.07, 6.45) is 7.19. The second kappa shape index (κ2) is 7.04. The Morgan fingerprint density at radius 3 is 2.47 bits per heavy atom. The minimum absolute atomic E-state index is 0.0536. The Morgan fingerprint density at radius 1 is 1.03 bits per heavy atom. The van der Waals surface area contributed by atoms with Gasteiger partial charge in [-0.25, -0.2) is 0 Å². The molecule has 4 nitrogen and oxygen atoms in total. The molecule has 0 spiro atoms. The van der Waals surface area contributed by atoms with Gasteiger partial charge < -0.3 is 10.2 Å². The van der Waals surface area contributed by atoms with E-state index in [0.717, 1.165) is 24.0 Å². The monoisotopic (exact) mass is 444 g/mol. The fraction of sp³-hybridized carbons (Fsp3) is 0.333. The number of phenols is 1. The number of allylic oxidation sites excluding steroid dienone is 4. The smallest absolute Gasteiger partial charge is 0.178 e. The highest BCUT2D eigenvalue weighted by molar-refractivity contribution is 6.92. The second-order valence-corrected chi connectivity index (χ2v) is 15.3. The number of carbonyl (C=O) groups excluding carboxylic acids is 2. The summed E-state index contributed by atoms with van der Waals surface area (Å²) >= 11 is 0. The first-order valence-electron chi connectivity index (χ1n) is 11.2. The van der Waals surface area contributed by atoms with Crippen molar-refractivity contribution in [3.63, 3.8) is 0 Å². The molecular formula is C27H28O4Si. The molecule has 0 fully saturated rings. The summed E-state index contributed by atoms with van der Waals surface area (Å²) < 4.78 is 0. The lowest BCUT2D eigenvalue weighted by atomic mass is 9.67. The van der Waals surface area contributed by atoms with Crippen LogP contribution in [0.15, 0.2) is 60.4 Å². The maximum atomic E-state index is 13.5. The number of fused-ring (bicyclic) bond motifs is 4. The first-order chi connectivity index (χ1) is 15.2. The molecule has 0 saturated heterocycles. The predicted molar refractivity (Wildman–Crippen MR) is 128 cm³/mol. The van der Waals surface area contributed by atoms with Crippen molar-refractivity contribution in [2.75, 3.05) is 0 Å². The Morgan fingerprint density at radius 2 is 1.75 bits per heavy atom. The van der Waals surface area contributed by atoms with E-state index in [1.165, 1.54) is 11.3 Å². The number of aliphatic hydroxyl groups is 1. The molecule has 0 heterocycles. The molecule has 3 atom stereocenters. The average Bonchev–Trinajstić information content (AvgIpc) is 2.77. The average molecular weight is 445 g/mol. The molecular weight excluding hydrogens is 416 g/mol. The number of carbonyl (C=O) groups is 2. The summed E-state index contributed by atoms with van der Waals surface area (Å²) in [6, 6.07) is 12.4. The van der Waals surface area contributed by atoms with E-state index < -0.39 is 19.9 Å². The Balaban J connectivity index is 1.61. The van der Waals surface area contributed by atoms with E-state index in [-0.39, 0.29) is 33.7 Å². The van der Waals surface area contributed by atoms with Gasteiger partial charge in [-0.1, -0.05) is 67.7 Å². The summed E-state index contributed by atoms with van der Waals surface area (Å²) in [7, 11) is -1.88. The predicted octanol–water partition coefficient (Wildman–Crippen LogP) is 4.88. The maximum Gasteiger partial charge on any atom is 0.178 e. The molecule has 3 aliphatic rings. The number of Topliss-reactive ketones (excluding diaryl/α,β-unsaturated/α-hetero) is 2. The second-order valence-electron chi connectivity index (χ2n) is 10.2. The molecule has 0 bridgehead atoms. The van der Waals surface area contributed by atoms with Gasteiger partial charge in [0.2, 0.25) is 0 Å². The summed E-state index contributed by atoms with van der Waals surface area (Å²) in [5, 5.41) is 22.6. The van der Waals surface area contributed by atoms with Crippen molar-refractivity contribution in [2.24, 2.45) is 11.8 Å². The van der Waals surface area contributed by atoms with Gasteiger partial charge >= 0.3 is 0 Å². The Kier molecular flexibility index (Phi) is 4.61. The normalized spacial score (nSPS) is 26.8. The largest absolute Gasteiger partial charge is 0.512 e. The molecule has 2 aromatic rings. The number of hydrogen-bond acceptors (Lipinski definition) is 4. The summed E-state index contributed by atoms with van der Waals surface area (Å²) in [6.45, 7) is 7.13. The van der Waals surface area contributed by atoms with Crippen molar-refractivity contribution < 1.29 is 19.8 Å². The summed E-state index contributed by atoms with van der Waals surface area (Å²) in [5.74, 6) is -2.41. The first kappa shape index (κ1) is 21.0. The van der Waals surface area contributed by atoms with Gasteiger partial charge in [0, 0.05) is 5.56 Å². The van der Waals surface area contributed by atoms with Crippen LogP contribution < -0.4 is 5.19 Å².